The van der Waals surface area contributed by atoms with E-state index in [-0.39, 0.29) is 12.3 Å². The number of rotatable bonds is 4. The van der Waals surface area contributed by atoms with E-state index in [9.17, 15) is 23.1 Å². The standard InChI is InChI=1S/C16H15F3N2O2/c17-16(18,19)12-8-4-5-9-13(12)20-15(23)21-14(10-22)11-6-2-1-3-7-11/h1-9,14,22H,10H2,(H2,20,21,23). The van der Waals surface area contributed by atoms with Crippen LogP contribution < -0.4 is 10.6 Å². The van der Waals surface area contributed by atoms with Crippen LogP contribution in [0.4, 0.5) is 23.7 Å². The molecule has 0 fully saturated rings. The smallest absolute Gasteiger partial charge is 0.394 e. The van der Waals surface area contributed by atoms with Crippen LogP contribution in [0.5, 0.6) is 0 Å². The number of carbonyl (C=O) groups is 1. The molecule has 0 aliphatic rings. The second-order valence-electron chi connectivity index (χ2n) is 4.79. The van der Waals surface area contributed by atoms with Gasteiger partial charge in [0.1, 0.15) is 0 Å². The summed E-state index contributed by atoms with van der Waals surface area (Å²) in [7, 11) is 0. The number of carbonyl (C=O) groups excluding carboxylic acids is 1. The SMILES string of the molecule is O=C(Nc1ccccc1C(F)(F)F)NC(CO)c1ccccc1. The van der Waals surface area contributed by atoms with Gasteiger partial charge in [-0.15, -0.1) is 0 Å². The summed E-state index contributed by atoms with van der Waals surface area (Å²) in [5.74, 6) is 0. The number of para-hydroxylation sites is 1. The highest BCUT2D eigenvalue weighted by atomic mass is 19.4. The number of hydrogen-bond donors (Lipinski definition) is 3. The van der Waals surface area contributed by atoms with Gasteiger partial charge in [-0.25, -0.2) is 4.79 Å². The van der Waals surface area contributed by atoms with Gasteiger partial charge in [-0.1, -0.05) is 42.5 Å². The van der Waals surface area contributed by atoms with E-state index in [1.165, 1.54) is 18.2 Å². The van der Waals surface area contributed by atoms with Crippen molar-refractivity contribution in [1.82, 2.24) is 5.32 Å². The summed E-state index contributed by atoms with van der Waals surface area (Å²) in [6.07, 6.45) is -4.57. The lowest BCUT2D eigenvalue weighted by molar-refractivity contribution is -0.136. The second kappa shape index (κ2) is 7.15. The van der Waals surface area contributed by atoms with Crippen LogP contribution in [0.2, 0.25) is 0 Å². The topological polar surface area (TPSA) is 61.4 Å². The van der Waals surface area contributed by atoms with Crippen molar-refractivity contribution < 1.29 is 23.1 Å². The Bertz CT molecular complexity index is 660. The van der Waals surface area contributed by atoms with Gasteiger partial charge >= 0.3 is 12.2 Å². The number of anilines is 1. The highest BCUT2D eigenvalue weighted by Gasteiger charge is 2.33. The molecule has 1 atom stereocenters. The number of hydrogen-bond acceptors (Lipinski definition) is 2. The molecule has 0 heterocycles. The van der Waals surface area contributed by atoms with Crippen molar-refractivity contribution in [3.63, 3.8) is 0 Å². The first-order chi connectivity index (χ1) is 10.9. The Morgan fingerprint density at radius 3 is 2.26 bits per heavy atom. The van der Waals surface area contributed by atoms with Crippen molar-refractivity contribution >= 4 is 11.7 Å². The molecule has 0 spiro atoms. The van der Waals surface area contributed by atoms with Crippen LogP contribution in [-0.2, 0) is 6.18 Å². The predicted octanol–water partition coefficient (Wildman–Crippen LogP) is 3.56. The van der Waals surface area contributed by atoms with Gasteiger partial charge in [0.2, 0.25) is 0 Å². The third kappa shape index (κ3) is 4.46. The normalized spacial score (nSPS) is 12.5. The van der Waals surface area contributed by atoms with Gasteiger partial charge in [-0.3, -0.25) is 0 Å². The van der Waals surface area contributed by atoms with Crippen LogP contribution in [0.15, 0.2) is 54.6 Å². The van der Waals surface area contributed by atoms with Crippen LogP contribution in [0.3, 0.4) is 0 Å². The molecule has 0 saturated heterocycles. The lowest BCUT2D eigenvalue weighted by atomic mass is 10.1. The van der Waals surface area contributed by atoms with Crippen LogP contribution in [0, 0.1) is 0 Å². The number of amides is 2. The first-order valence-corrected chi connectivity index (χ1v) is 6.81. The van der Waals surface area contributed by atoms with Crippen molar-refractivity contribution in [2.24, 2.45) is 0 Å². The van der Waals surface area contributed by atoms with Crippen LogP contribution >= 0.6 is 0 Å². The molecule has 0 aliphatic carbocycles. The Hall–Kier alpha value is -2.54. The summed E-state index contributed by atoms with van der Waals surface area (Å²) in [6.45, 7) is -0.377. The van der Waals surface area contributed by atoms with E-state index < -0.39 is 23.8 Å². The second-order valence-corrected chi connectivity index (χ2v) is 4.79. The van der Waals surface area contributed by atoms with Crippen molar-refractivity contribution in [3.05, 3.63) is 65.7 Å². The maximum atomic E-state index is 12.9. The quantitative estimate of drug-likeness (QED) is 0.805. The van der Waals surface area contributed by atoms with E-state index in [1.807, 2.05) is 0 Å². The van der Waals surface area contributed by atoms with Gasteiger partial charge in [0.15, 0.2) is 0 Å². The predicted molar refractivity (Wildman–Crippen MR) is 79.9 cm³/mol. The molecule has 0 saturated carbocycles. The molecule has 3 N–H and O–H groups in total. The molecule has 2 aromatic carbocycles. The molecule has 2 rings (SSSR count). The van der Waals surface area contributed by atoms with E-state index in [0.717, 1.165) is 6.07 Å². The number of halogens is 3. The minimum absolute atomic E-state index is 0.345. The van der Waals surface area contributed by atoms with Crippen LogP contribution in [0.25, 0.3) is 0 Å². The summed E-state index contributed by atoms with van der Waals surface area (Å²) in [5.41, 5.74) is -0.632. The molecule has 23 heavy (non-hydrogen) atoms. The molecule has 4 nitrogen and oxygen atoms in total. The van der Waals surface area contributed by atoms with E-state index in [2.05, 4.69) is 10.6 Å². The monoisotopic (exact) mass is 324 g/mol. The zero-order valence-electron chi connectivity index (χ0n) is 12.0. The third-order valence-corrected chi connectivity index (χ3v) is 3.17. The highest BCUT2D eigenvalue weighted by Crippen LogP contribution is 2.34. The molecule has 2 amide bonds. The molecule has 0 radical (unpaired) electrons. The Kier molecular flexibility index (Phi) is 5.23. The molecular formula is C16H15F3N2O2. The fraction of sp³-hybridized carbons (Fsp3) is 0.188. The van der Waals surface area contributed by atoms with Crippen LogP contribution in [-0.4, -0.2) is 17.7 Å². The Labute approximate surface area is 131 Å². The number of aliphatic hydroxyl groups is 1. The first-order valence-electron chi connectivity index (χ1n) is 6.81. The van der Waals surface area contributed by atoms with Crippen molar-refractivity contribution in [2.75, 3.05) is 11.9 Å². The number of alkyl halides is 3. The first kappa shape index (κ1) is 16.8. The Balaban J connectivity index is 2.11. The average Bonchev–Trinajstić information content (AvgIpc) is 2.53. The molecule has 7 heteroatoms. The van der Waals surface area contributed by atoms with Gasteiger partial charge in [0.25, 0.3) is 0 Å². The average molecular weight is 324 g/mol. The zero-order chi connectivity index (χ0) is 16.9. The maximum absolute atomic E-state index is 12.9. The lowest BCUT2D eigenvalue weighted by Crippen LogP contribution is -2.34. The van der Waals surface area contributed by atoms with Gasteiger partial charge in [-0.05, 0) is 17.7 Å². The molecule has 122 valence electrons. The maximum Gasteiger partial charge on any atom is 0.418 e. The number of urea groups is 1. The highest BCUT2D eigenvalue weighted by molar-refractivity contribution is 5.90. The lowest BCUT2D eigenvalue weighted by Gasteiger charge is -2.18. The fourth-order valence-electron chi connectivity index (χ4n) is 2.08. The van der Waals surface area contributed by atoms with E-state index in [1.54, 1.807) is 30.3 Å². The number of aliphatic hydroxyl groups excluding tert-OH is 1. The Morgan fingerprint density at radius 2 is 1.65 bits per heavy atom. The van der Waals surface area contributed by atoms with Crippen molar-refractivity contribution in [1.29, 1.82) is 0 Å². The fourth-order valence-corrected chi connectivity index (χ4v) is 2.08. The molecule has 1 unspecified atom stereocenters. The number of benzene rings is 2. The minimum Gasteiger partial charge on any atom is -0.394 e. The Morgan fingerprint density at radius 1 is 1.04 bits per heavy atom. The van der Waals surface area contributed by atoms with Crippen molar-refractivity contribution in [2.45, 2.75) is 12.2 Å². The van der Waals surface area contributed by atoms with Gasteiger partial charge in [0.05, 0.1) is 23.9 Å². The molecule has 0 aromatic heterocycles. The molecule has 2 aromatic rings. The molecule has 0 bridgehead atoms. The molecule has 0 aliphatic heterocycles. The van der Waals surface area contributed by atoms with Crippen LogP contribution in [0.1, 0.15) is 17.2 Å². The number of nitrogens with one attached hydrogen (secondary N) is 2. The molecular weight excluding hydrogens is 309 g/mol. The van der Waals surface area contributed by atoms with E-state index in [0.29, 0.717) is 5.56 Å². The minimum atomic E-state index is -4.57. The summed E-state index contributed by atoms with van der Waals surface area (Å²) in [4.78, 5) is 11.9. The summed E-state index contributed by atoms with van der Waals surface area (Å²) >= 11 is 0. The van der Waals surface area contributed by atoms with Gasteiger partial charge in [0, 0.05) is 0 Å². The van der Waals surface area contributed by atoms with Crippen molar-refractivity contribution in [3.8, 4) is 0 Å². The van der Waals surface area contributed by atoms with Gasteiger partial charge < -0.3 is 15.7 Å². The van der Waals surface area contributed by atoms with E-state index in [4.69, 9.17) is 0 Å². The zero-order valence-corrected chi connectivity index (χ0v) is 12.0. The third-order valence-electron chi connectivity index (χ3n) is 3.17. The van der Waals surface area contributed by atoms with E-state index >= 15 is 0 Å². The summed E-state index contributed by atoms with van der Waals surface area (Å²) in [6, 6.07) is 11.8. The summed E-state index contributed by atoms with van der Waals surface area (Å²) in [5, 5.41) is 14.0. The summed E-state index contributed by atoms with van der Waals surface area (Å²) < 4.78 is 38.6. The largest absolute Gasteiger partial charge is 0.418 e. The van der Waals surface area contributed by atoms with Gasteiger partial charge in [-0.2, -0.15) is 13.2 Å².